The molecule has 0 saturated carbocycles. The van der Waals surface area contributed by atoms with Crippen LogP contribution in [0.2, 0.25) is 0 Å². The Morgan fingerprint density at radius 2 is 1.82 bits per heavy atom. The van der Waals surface area contributed by atoms with E-state index in [4.69, 9.17) is 9.47 Å². The fraction of sp³-hybridized carbons (Fsp3) is 0.250. The second-order valence-electron chi connectivity index (χ2n) is 9.87. The number of benzene rings is 3. The number of ether oxygens (including phenoxy) is 2. The lowest BCUT2D eigenvalue weighted by molar-refractivity contribution is -0.122. The Bertz CT molecular complexity index is 1480. The molecular formula is C32H30BrN3O4. The number of likely N-dealkylation sites (tertiary alicyclic amines) is 1. The van der Waals surface area contributed by atoms with Crippen molar-refractivity contribution in [2.75, 3.05) is 6.54 Å². The van der Waals surface area contributed by atoms with Crippen molar-refractivity contribution in [2.45, 2.75) is 45.6 Å². The summed E-state index contributed by atoms with van der Waals surface area (Å²) >= 11 is 3.79. The van der Waals surface area contributed by atoms with Gasteiger partial charge in [0.05, 0.1) is 6.04 Å². The van der Waals surface area contributed by atoms with Gasteiger partial charge >= 0.3 is 5.91 Å². The maximum absolute atomic E-state index is 12.1. The number of carbonyl (C=O) groups is 1. The van der Waals surface area contributed by atoms with Crippen molar-refractivity contribution in [3.63, 3.8) is 0 Å². The van der Waals surface area contributed by atoms with E-state index in [-0.39, 0.29) is 0 Å². The number of halogens is 1. The van der Waals surface area contributed by atoms with Gasteiger partial charge in [-0.2, -0.15) is 0 Å². The third-order valence-electron chi connectivity index (χ3n) is 7.13. The molecular weight excluding hydrogens is 570 g/mol. The van der Waals surface area contributed by atoms with Crippen molar-refractivity contribution in [2.24, 2.45) is 5.18 Å². The number of nitroso groups, excluding NO2 is 1. The molecule has 0 spiro atoms. The normalized spacial score (nSPS) is 15.1. The number of aromatic nitrogens is 1. The second kappa shape index (κ2) is 13.0. The summed E-state index contributed by atoms with van der Waals surface area (Å²) in [6.45, 7) is 3.90. The van der Waals surface area contributed by atoms with Crippen LogP contribution in [0.4, 0.5) is 0 Å². The highest BCUT2D eigenvalue weighted by Crippen LogP contribution is 2.35. The summed E-state index contributed by atoms with van der Waals surface area (Å²) in [5.74, 6) is 0.764. The molecule has 5 rings (SSSR count). The Balaban J connectivity index is 1.39. The zero-order valence-corrected chi connectivity index (χ0v) is 23.8. The van der Waals surface area contributed by atoms with Gasteiger partial charge in [-0.1, -0.05) is 54.6 Å². The number of nitrogens with zero attached hydrogens (tertiary/aromatic N) is 3. The predicted molar refractivity (Wildman–Crippen MR) is 158 cm³/mol. The van der Waals surface area contributed by atoms with Crippen LogP contribution >= 0.6 is 15.9 Å². The third-order valence-corrected chi connectivity index (χ3v) is 8.07. The van der Waals surface area contributed by atoms with E-state index in [1.165, 1.54) is 0 Å². The van der Waals surface area contributed by atoms with Gasteiger partial charge in [0.15, 0.2) is 0 Å². The largest absolute Gasteiger partial charge is 0.488 e. The van der Waals surface area contributed by atoms with Gasteiger partial charge in [0.1, 0.15) is 24.7 Å². The van der Waals surface area contributed by atoms with E-state index >= 15 is 0 Å². The molecule has 1 aliphatic rings. The first-order chi connectivity index (χ1) is 19.5. The standard InChI is InChI=1S/C32H30BrN3O4/c1-22-16-26(19-36-15-7-13-28(36)32(37)35-38)30(39-20-23-8-6-14-34-18-23)17-29(22)40-21-25-11-5-12-27(31(25)33)24-9-3-2-4-10-24/h2-6,8-12,14,16-18,28H,7,13,15,19-21H2,1H3. The smallest absolute Gasteiger partial charge is 0.303 e. The monoisotopic (exact) mass is 599 g/mol. The zero-order chi connectivity index (χ0) is 27.9. The number of carbonyl (C=O) groups excluding carboxylic acids is 1. The highest BCUT2D eigenvalue weighted by Gasteiger charge is 2.32. The lowest BCUT2D eigenvalue weighted by atomic mass is 10.0. The molecule has 1 fully saturated rings. The number of pyridine rings is 1. The average Bonchev–Trinajstić information content (AvgIpc) is 3.45. The molecule has 0 radical (unpaired) electrons. The van der Waals surface area contributed by atoms with Gasteiger partial charge in [0, 0.05) is 51.3 Å². The first-order valence-electron chi connectivity index (χ1n) is 13.3. The predicted octanol–water partition coefficient (Wildman–Crippen LogP) is 7.23. The van der Waals surface area contributed by atoms with E-state index in [1.807, 2.05) is 66.4 Å². The molecule has 1 amide bonds. The van der Waals surface area contributed by atoms with E-state index in [9.17, 15) is 9.70 Å². The van der Waals surface area contributed by atoms with Gasteiger partial charge in [0.25, 0.3) is 0 Å². The summed E-state index contributed by atoms with van der Waals surface area (Å²) in [5, 5.41) is 2.69. The molecule has 0 bridgehead atoms. The number of hydrogen-bond donors (Lipinski definition) is 0. The maximum atomic E-state index is 12.1. The fourth-order valence-corrected chi connectivity index (χ4v) is 5.66. The molecule has 1 aromatic heterocycles. The van der Waals surface area contributed by atoms with Crippen molar-refractivity contribution in [3.8, 4) is 22.6 Å². The molecule has 1 aliphatic heterocycles. The lowest BCUT2D eigenvalue weighted by Gasteiger charge is -2.23. The van der Waals surface area contributed by atoms with Gasteiger partial charge in [0.2, 0.25) is 0 Å². The quantitative estimate of drug-likeness (QED) is 0.179. The molecule has 4 aromatic rings. The van der Waals surface area contributed by atoms with E-state index in [1.54, 1.807) is 12.4 Å². The zero-order valence-electron chi connectivity index (χ0n) is 22.3. The Morgan fingerprint density at radius 1 is 1.00 bits per heavy atom. The summed E-state index contributed by atoms with van der Waals surface area (Å²) in [5.41, 5.74) is 6.08. The van der Waals surface area contributed by atoms with Crippen LogP contribution in [0.3, 0.4) is 0 Å². The molecule has 204 valence electrons. The number of amides is 1. The van der Waals surface area contributed by atoms with Crippen molar-refractivity contribution < 1.29 is 14.3 Å². The molecule has 1 saturated heterocycles. The minimum atomic E-state index is -0.615. The summed E-state index contributed by atoms with van der Waals surface area (Å²) in [4.78, 5) is 29.2. The molecule has 2 heterocycles. The molecule has 1 atom stereocenters. The fourth-order valence-electron chi connectivity index (χ4n) is 5.05. The first kappa shape index (κ1) is 27.7. The Kier molecular flexibility index (Phi) is 8.98. The van der Waals surface area contributed by atoms with Crippen LogP contribution in [-0.2, 0) is 24.6 Å². The number of hydrogen-bond acceptors (Lipinski definition) is 6. The molecule has 7 nitrogen and oxygen atoms in total. The Labute approximate surface area is 242 Å². The van der Waals surface area contributed by atoms with Crippen LogP contribution in [0.15, 0.2) is 94.8 Å². The molecule has 8 heteroatoms. The second-order valence-corrected chi connectivity index (χ2v) is 10.7. The van der Waals surface area contributed by atoms with E-state index in [0.717, 1.165) is 50.8 Å². The SMILES string of the molecule is Cc1cc(CN2CCCC2C(=O)N=O)c(OCc2cccnc2)cc1OCc1cccc(-c2ccccc2)c1Br. The average molecular weight is 601 g/mol. The van der Waals surface area contributed by atoms with Gasteiger partial charge in [-0.3, -0.25) is 14.7 Å². The number of rotatable bonds is 10. The number of aryl methyl sites for hydroxylation is 1. The topological polar surface area (TPSA) is 81.1 Å². The van der Waals surface area contributed by atoms with Crippen molar-refractivity contribution in [3.05, 3.63) is 117 Å². The van der Waals surface area contributed by atoms with Crippen molar-refractivity contribution in [1.29, 1.82) is 0 Å². The van der Waals surface area contributed by atoms with E-state index < -0.39 is 11.9 Å². The van der Waals surface area contributed by atoms with Crippen LogP contribution in [-0.4, -0.2) is 28.4 Å². The summed E-state index contributed by atoms with van der Waals surface area (Å²) in [7, 11) is 0. The van der Waals surface area contributed by atoms with Gasteiger partial charge in [-0.25, -0.2) is 0 Å². The van der Waals surface area contributed by atoms with Crippen LogP contribution in [0.25, 0.3) is 11.1 Å². The third kappa shape index (κ3) is 6.46. The first-order valence-corrected chi connectivity index (χ1v) is 14.0. The van der Waals surface area contributed by atoms with Crippen LogP contribution in [0.1, 0.15) is 35.1 Å². The molecule has 40 heavy (non-hydrogen) atoms. The molecule has 0 aliphatic carbocycles. The van der Waals surface area contributed by atoms with Crippen molar-refractivity contribution >= 4 is 21.8 Å². The minimum absolute atomic E-state index is 0.340. The minimum Gasteiger partial charge on any atom is -0.488 e. The van der Waals surface area contributed by atoms with Crippen LogP contribution in [0.5, 0.6) is 11.5 Å². The van der Waals surface area contributed by atoms with E-state index in [2.05, 4.69) is 44.3 Å². The van der Waals surface area contributed by atoms with Gasteiger partial charge in [-0.15, -0.1) is 4.91 Å². The van der Waals surface area contributed by atoms with E-state index in [0.29, 0.717) is 37.7 Å². The summed E-state index contributed by atoms with van der Waals surface area (Å²) in [6.07, 6.45) is 4.97. The maximum Gasteiger partial charge on any atom is 0.303 e. The van der Waals surface area contributed by atoms with Crippen LogP contribution < -0.4 is 9.47 Å². The highest BCUT2D eigenvalue weighted by atomic mass is 79.9. The van der Waals surface area contributed by atoms with Gasteiger partial charge < -0.3 is 9.47 Å². The van der Waals surface area contributed by atoms with Gasteiger partial charge in [-0.05, 0) is 71.1 Å². The highest BCUT2D eigenvalue weighted by molar-refractivity contribution is 9.10. The molecule has 0 N–H and O–H groups in total. The van der Waals surface area contributed by atoms with Crippen LogP contribution in [0, 0.1) is 11.8 Å². The Morgan fingerprint density at radius 3 is 2.60 bits per heavy atom. The molecule has 3 aromatic carbocycles. The molecule has 1 unspecified atom stereocenters. The Hall–Kier alpha value is -3.88. The summed E-state index contributed by atoms with van der Waals surface area (Å²) in [6, 6.07) is 23.7. The lowest BCUT2D eigenvalue weighted by Crippen LogP contribution is -2.34. The van der Waals surface area contributed by atoms with Crippen molar-refractivity contribution in [1.82, 2.24) is 9.88 Å². The summed E-state index contributed by atoms with van der Waals surface area (Å²) < 4.78 is 13.6.